The van der Waals surface area contributed by atoms with E-state index in [0.717, 1.165) is 11.1 Å². The van der Waals surface area contributed by atoms with Crippen molar-refractivity contribution in [2.24, 2.45) is 0 Å². The van der Waals surface area contributed by atoms with E-state index in [2.05, 4.69) is 12.1 Å². The Hall–Kier alpha value is -2.77. The third kappa shape index (κ3) is 6.87. The highest BCUT2D eigenvalue weighted by atomic mass is 19.1. The molecule has 0 aliphatic carbocycles. The topological polar surface area (TPSA) is 67.9 Å². The summed E-state index contributed by atoms with van der Waals surface area (Å²) in [5.74, 6) is -1.08. The van der Waals surface area contributed by atoms with Crippen molar-refractivity contribution in [1.29, 1.82) is 0 Å². The number of hydroxylamine groups is 1. The van der Waals surface area contributed by atoms with Crippen LogP contribution in [0.15, 0.2) is 60.5 Å². The van der Waals surface area contributed by atoms with Crippen LogP contribution in [0.1, 0.15) is 38.3 Å². The summed E-state index contributed by atoms with van der Waals surface area (Å²) < 4.78 is 19.1. The Balaban J connectivity index is 0.00000480. The number of nitrogens with one attached hydrogen (secondary N) is 1. The summed E-state index contributed by atoms with van der Waals surface area (Å²) in [5.41, 5.74) is 5.19. The number of hydrogen-bond acceptors (Lipinski definition) is 5. The molecule has 0 saturated heterocycles. The van der Waals surface area contributed by atoms with Gasteiger partial charge in [0.05, 0.1) is 14.2 Å². The average molecular weight is 433 g/mol. The van der Waals surface area contributed by atoms with Crippen molar-refractivity contribution < 1.29 is 23.6 Å². The van der Waals surface area contributed by atoms with Crippen molar-refractivity contribution >= 4 is 11.9 Å². The maximum Gasteiger partial charge on any atom is 0.328 e. The summed E-state index contributed by atoms with van der Waals surface area (Å²) in [6, 6.07) is 6.52. The van der Waals surface area contributed by atoms with E-state index in [1.54, 1.807) is 13.0 Å². The van der Waals surface area contributed by atoms with Crippen LogP contribution in [0, 0.1) is 0 Å². The third-order valence-corrected chi connectivity index (χ3v) is 5.09. The van der Waals surface area contributed by atoms with E-state index in [0.29, 0.717) is 18.5 Å². The van der Waals surface area contributed by atoms with Crippen molar-refractivity contribution in [3.63, 3.8) is 0 Å². The van der Waals surface area contributed by atoms with E-state index < -0.39 is 18.1 Å². The lowest BCUT2D eigenvalue weighted by atomic mass is 9.93. The summed E-state index contributed by atoms with van der Waals surface area (Å²) in [4.78, 5) is 32.1. The van der Waals surface area contributed by atoms with Crippen LogP contribution in [0.4, 0.5) is 4.39 Å². The number of esters is 1. The maximum atomic E-state index is 14.2. The number of benzene rings is 1. The van der Waals surface area contributed by atoms with Crippen molar-refractivity contribution in [2.75, 3.05) is 14.2 Å². The predicted octanol–water partition coefficient (Wildman–Crippen LogP) is 4.03. The molecule has 2 atom stereocenters. The Morgan fingerprint density at radius 2 is 1.97 bits per heavy atom. The van der Waals surface area contributed by atoms with Crippen molar-refractivity contribution in [3.05, 3.63) is 71.6 Å². The molecule has 1 aliphatic heterocycles. The first-order valence-electron chi connectivity index (χ1n) is 9.81. The lowest BCUT2D eigenvalue weighted by molar-refractivity contribution is -0.154. The number of halogens is 1. The molecule has 0 fully saturated rings. The Labute approximate surface area is 184 Å². The largest absolute Gasteiger partial charge is 0.467 e. The van der Waals surface area contributed by atoms with Crippen LogP contribution >= 0.6 is 0 Å². The highest BCUT2D eigenvalue weighted by Gasteiger charge is 2.36. The molecule has 1 unspecified atom stereocenters. The van der Waals surface area contributed by atoms with Gasteiger partial charge in [-0.2, -0.15) is 5.48 Å². The van der Waals surface area contributed by atoms with Gasteiger partial charge in [-0.1, -0.05) is 56.5 Å². The van der Waals surface area contributed by atoms with Crippen molar-refractivity contribution in [2.45, 2.75) is 52.2 Å². The Morgan fingerprint density at radius 3 is 2.55 bits per heavy atom. The number of methoxy groups -OCH3 is 1. The molecule has 0 spiro atoms. The fourth-order valence-electron chi connectivity index (χ4n) is 3.62. The quantitative estimate of drug-likeness (QED) is 0.362. The van der Waals surface area contributed by atoms with Gasteiger partial charge in [0.15, 0.2) is 0 Å². The first kappa shape index (κ1) is 26.3. The number of nitrogens with zero attached hydrogens (tertiary/aromatic N) is 1. The zero-order valence-electron chi connectivity index (χ0n) is 17.7. The predicted molar refractivity (Wildman–Crippen MR) is 120 cm³/mol. The zero-order valence-corrected chi connectivity index (χ0v) is 17.7. The normalized spacial score (nSPS) is 17.3. The molecule has 1 aromatic rings. The number of carbonyl (C=O) groups excluding carboxylic acids is 2. The highest BCUT2D eigenvalue weighted by molar-refractivity contribution is 5.85. The molecule has 7 heteroatoms. The molecule has 0 radical (unpaired) electrons. The number of ether oxygens (including phenoxy) is 1. The number of fused-ring (bicyclic) bond motifs is 1. The van der Waals surface area contributed by atoms with Gasteiger partial charge in [-0.3, -0.25) is 4.79 Å². The lowest BCUT2D eigenvalue weighted by Gasteiger charge is -2.36. The van der Waals surface area contributed by atoms with Crippen molar-refractivity contribution in [3.8, 4) is 0 Å². The molecule has 1 aromatic carbocycles. The standard InChI is InChI=1S/C23H29FN2O4.CH4/c1-5-9-17(20(24)6-2)12-19(25-30-4)14-22(27)26-15-18-11-8-7-10-16(18)13-21(26)23(28)29-3;/h5-11,19,21,25H,1,12-15H2,2-4H3;1H4/b17-9-,20-6+;/t19?,21-;/m0./s1. The van der Waals surface area contributed by atoms with E-state index >= 15 is 0 Å². The molecule has 2 rings (SSSR count). The van der Waals surface area contributed by atoms with Gasteiger partial charge in [-0.05, 0) is 30.0 Å². The molecule has 1 aliphatic rings. The molecular weight excluding hydrogens is 399 g/mol. The van der Waals surface area contributed by atoms with E-state index in [1.165, 1.54) is 31.3 Å². The number of amides is 1. The number of rotatable bonds is 9. The fraction of sp³-hybridized carbons (Fsp3) is 0.417. The summed E-state index contributed by atoms with van der Waals surface area (Å²) in [6.45, 7) is 5.53. The Morgan fingerprint density at radius 1 is 1.29 bits per heavy atom. The van der Waals surface area contributed by atoms with E-state index in [4.69, 9.17) is 9.57 Å². The first-order valence-corrected chi connectivity index (χ1v) is 9.81. The van der Waals surface area contributed by atoms with Gasteiger partial charge in [0.1, 0.15) is 11.9 Å². The summed E-state index contributed by atoms with van der Waals surface area (Å²) >= 11 is 0. The highest BCUT2D eigenvalue weighted by Crippen LogP contribution is 2.26. The van der Waals surface area contributed by atoms with Gasteiger partial charge in [0.2, 0.25) is 5.91 Å². The number of hydrogen-bond donors (Lipinski definition) is 1. The van der Waals surface area contributed by atoms with Gasteiger partial charge in [-0.15, -0.1) is 0 Å². The van der Waals surface area contributed by atoms with Crippen LogP contribution < -0.4 is 5.48 Å². The summed E-state index contributed by atoms with van der Waals surface area (Å²) in [5, 5.41) is 0. The Bertz CT molecular complexity index is 835. The second-order valence-corrected chi connectivity index (χ2v) is 7.02. The molecule has 31 heavy (non-hydrogen) atoms. The Kier molecular flexibility index (Phi) is 10.9. The second kappa shape index (κ2) is 12.8. The minimum Gasteiger partial charge on any atom is -0.467 e. The fourth-order valence-corrected chi connectivity index (χ4v) is 3.62. The zero-order chi connectivity index (χ0) is 22.1. The van der Waals surface area contributed by atoms with Gasteiger partial charge in [-0.25, -0.2) is 9.18 Å². The molecule has 1 amide bonds. The summed E-state index contributed by atoms with van der Waals surface area (Å²) in [6.07, 6.45) is 5.06. The third-order valence-electron chi connectivity index (χ3n) is 5.09. The first-order chi connectivity index (χ1) is 14.4. The molecule has 0 saturated carbocycles. The minimum absolute atomic E-state index is 0. The van der Waals surface area contributed by atoms with Crippen LogP contribution in [-0.2, 0) is 32.1 Å². The van der Waals surface area contributed by atoms with Crippen LogP contribution in [-0.4, -0.2) is 43.1 Å². The van der Waals surface area contributed by atoms with E-state index in [1.807, 2.05) is 24.3 Å². The molecule has 0 bridgehead atoms. The molecular formula is C24H33FN2O4. The molecule has 0 aromatic heterocycles. The molecule has 6 nitrogen and oxygen atoms in total. The van der Waals surface area contributed by atoms with Crippen LogP contribution in [0.25, 0.3) is 0 Å². The van der Waals surface area contributed by atoms with E-state index in [9.17, 15) is 14.0 Å². The molecule has 1 N–H and O–H groups in total. The van der Waals surface area contributed by atoms with Gasteiger partial charge in [0, 0.05) is 25.4 Å². The monoisotopic (exact) mass is 432 g/mol. The van der Waals surface area contributed by atoms with Crippen LogP contribution in [0.2, 0.25) is 0 Å². The minimum atomic E-state index is -0.698. The second-order valence-electron chi connectivity index (χ2n) is 7.02. The van der Waals surface area contributed by atoms with Crippen LogP contribution in [0.5, 0.6) is 0 Å². The van der Waals surface area contributed by atoms with Gasteiger partial charge >= 0.3 is 5.97 Å². The van der Waals surface area contributed by atoms with E-state index in [-0.39, 0.29) is 32.0 Å². The van der Waals surface area contributed by atoms with Crippen LogP contribution in [0.3, 0.4) is 0 Å². The number of allylic oxidation sites excluding steroid dienone is 4. The van der Waals surface area contributed by atoms with Gasteiger partial charge in [0.25, 0.3) is 0 Å². The smallest absolute Gasteiger partial charge is 0.328 e. The average Bonchev–Trinajstić information content (AvgIpc) is 2.76. The maximum absolute atomic E-state index is 14.2. The summed E-state index contributed by atoms with van der Waals surface area (Å²) in [7, 11) is 2.75. The lowest BCUT2D eigenvalue weighted by Crippen LogP contribution is -2.50. The van der Waals surface area contributed by atoms with Gasteiger partial charge < -0.3 is 14.5 Å². The van der Waals surface area contributed by atoms with Crippen molar-refractivity contribution in [1.82, 2.24) is 10.4 Å². The number of carbonyl (C=O) groups is 2. The molecule has 170 valence electrons. The SMILES string of the molecule is C.C=C/C=C(CC(CC(=O)N1Cc2ccccc2C[C@H]1C(=O)OC)NOC)\C(F)=C/C. The molecule has 1 heterocycles.